The van der Waals surface area contributed by atoms with Gasteiger partial charge in [0.15, 0.2) is 0 Å². The monoisotopic (exact) mass is 342 g/mol. The van der Waals surface area contributed by atoms with Gasteiger partial charge in [-0.05, 0) is 30.2 Å². The predicted octanol–water partition coefficient (Wildman–Crippen LogP) is 1.46. The summed E-state index contributed by atoms with van der Waals surface area (Å²) in [7, 11) is 0. The first-order chi connectivity index (χ1) is 12.2. The van der Waals surface area contributed by atoms with E-state index in [-0.39, 0.29) is 12.0 Å². The third-order valence-corrected chi connectivity index (χ3v) is 4.70. The molecule has 0 spiro atoms. The van der Waals surface area contributed by atoms with Crippen LogP contribution in [0, 0.1) is 0 Å². The van der Waals surface area contributed by atoms with Crippen LogP contribution in [0.5, 0.6) is 0 Å². The van der Waals surface area contributed by atoms with Crippen molar-refractivity contribution in [1.29, 1.82) is 0 Å². The number of rotatable bonds is 6. The van der Waals surface area contributed by atoms with E-state index in [0.717, 1.165) is 30.6 Å². The number of aromatic nitrogens is 2. The molecular formula is C19H26N4O2. The molecule has 0 unspecified atom stereocenters. The lowest BCUT2D eigenvalue weighted by Gasteiger charge is -2.35. The first-order valence-corrected chi connectivity index (χ1v) is 8.91. The molecule has 1 aliphatic rings. The molecule has 1 saturated heterocycles. The fourth-order valence-corrected chi connectivity index (χ4v) is 3.08. The molecule has 1 amide bonds. The van der Waals surface area contributed by atoms with Crippen molar-refractivity contribution in [3.63, 3.8) is 0 Å². The largest absolute Gasteiger partial charge is 0.392 e. The zero-order valence-corrected chi connectivity index (χ0v) is 14.7. The van der Waals surface area contributed by atoms with Gasteiger partial charge in [0, 0.05) is 50.7 Å². The SMILES string of the molecule is CC[C@@H](O)CN1CCN(C(=O)c2ccc(Cn3cccn3)cc2)CC1. The molecule has 1 atom stereocenters. The Kier molecular flexibility index (Phi) is 5.83. The van der Waals surface area contributed by atoms with Crippen molar-refractivity contribution in [2.75, 3.05) is 32.7 Å². The van der Waals surface area contributed by atoms with Crippen molar-refractivity contribution in [2.45, 2.75) is 26.0 Å². The van der Waals surface area contributed by atoms with Gasteiger partial charge in [-0.25, -0.2) is 0 Å². The highest BCUT2D eigenvalue weighted by molar-refractivity contribution is 5.94. The van der Waals surface area contributed by atoms with Crippen LogP contribution in [-0.2, 0) is 6.54 Å². The van der Waals surface area contributed by atoms with Gasteiger partial charge in [-0.1, -0.05) is 19.1 Å². The summed E-state index contributed by atoms with van der Waals surface area (Å²) in [6.45, 7) is 6.45. The minimum atomic E-state index is -0.274. The van der Waals surface area contributed by atoms with Crippen molar-refractivity contribution >= 4 is 5.91 Å². The molecule has 6 nitrogen and oxygen atoms in total. The number of hydrogen-bond acceptors (Lipinski definition) is 4. The van der Waals surface area contributed by atoms with E-state index in [1.165, 1.54) is 0 Å². The topological polar surface area (TPSA) is 61.6 Å². The van der Waals surface area contributed by atoms with E-state index in [0.29, 0.717) is 26.2 Å². The molecule has 6 heteroatoms. The summed E-state index contributed by atoms with van der Waals surface area (Å²) in [5, 5.41) is 13.9. The van der Waals surface area contributed by atoms with Gasteiger partial charge < -0.3 is 10.0 Å². The van der Waals surface area contributed by atoms with Crippen LogP contribution in [0.3, 0.4) is 0 Å². The third kappa shape index (κ3) is 4.67. The Bertz CT molecular complexity index is 661. The van der Waals surface area contributed by atoms with E-state index >= 15 is 0 Å². The zero-order chi connectivity index (χ0) is 17.6. The number of amides is 1. The van der Waals surface area contributed by atoms with Gasteiger partial charge in [0.05, 0.1) is 12.6 Å². The van der Waals surface area contributed by atoms with Crippen LogP contribution in [0.1, 0.15) is 29.3 Å². The van der Waals surface area contributed by atoms with Gasteiger partial charge in [-0.3, -0.25) is 14.4 Å². The summed E-state index contributed by atoms with van der Waals surface area (Å²) < 4.78 is 1.86. The Morgan fingerprint density at radius 2 is 1.92 bits per heavy atom. The normalized spacial score (nSPS) is 16.8. The Morgan fingerprint density at radius 1 is 1.20 bits per heavy atom. The first kappa shape index (κ1) is 17.6. The number of nitrogens with zero attached hydrogens (tertiary/aromatic N) is 4. The lowest BCUT2D eigenvalue weighted by Crippen LogP contribution is -2.50. The maximum atomic E-state index is 12.7. The highest BCUT2D eigenvalue weighted by Gasteiger charge is 2.23. The minimum absolute atomic E-state index is 0.0846. The van der Waals surface area contributed by atoms with Crippen LogP contribution in [0.15, 0.2) is 42.7 Å². The number of β-amino-alcohol motifs (C(OH)–C–C–N with tert-alkyl or cyclic N) is 1. The Morgan fingerprint density at radius 3 is 2.52 bits per heavy atom. The fourth-order valence-electron chi connectivity index (χ4n) is 3.08. The molecule has 3 rings (SSSR count). The molecule has 1 aromatic carbocycles. The molecule has 0 bridgehead atoms. The molecule has 134 valence electrons. The second-order valence-corrected chi connectivity index (χ2v) is 6.56. The first-order valence-electron chi connectivity index (χ1n) is 8.91. The number of hydrogen-bond donors (Lipinski definition) is 1. The second-order valence-electron chi connectivity index (χ2n) is 6.56. The van der Waals surface area contributed by atoms with Crippen molar-refractivity contribution in [2.24, 2.45) is 0 Å². The quantitative estimate of drug-likeness (QED) is 0.863. The molecule has 2 aromatic rings. The van der Waals surface area contributed by atoms with Crippen LogP contribution >= 0.6 is 0 Å². The summed E-state index contributed by atoms with van der Waals surface area (Å²) in [5.74, 6) is 0.0846. The summed E-state index contributed by atoms with van der Waals surface area (Å²) >= 11 is 0. The summed E-state index contributed by atoms with van der Waals surface area (Å²) in [4.78, 5) is 16.8. The van der Waals surface area contributed by atoms with E-state index in [9.17, 15) is 9.90 Å². The van der Waals surface area contributed by atoms with E-state index in [1.807, 2.05) is 53.0 Å². The smallest absolute Gasteiger partial charge is 0.253 e. The predicted molar refractivity (Wildman–Crippen MR) is 96.4 cm³/mol. The van der Waals surface area contributed by atoms with Crippen LogP contribution in [0.4, 0.5) is 0 Å². The van der Waals surface area contributed by atoms with E-state index < -0.39 is 0 Å². The van der Waals surface area contributed by atoms with E-state index in [4.69, 9.17) is 0 Å². The molecule has 1 fully saturated rings. The molecule has 25 heavy (non-hydrogen) atoms. The van der Waals surface area contributed by atoms with E-state index in [1.54, 1.807) is 6.20 Å². The van der Waals surface area contributed by atoms with Gasteiger partial charge in [-0.15, -0.1) is 0 Å². The van der Waals surface area contributed by atoms with Crippen molar-refractivity contribution in [3.05, 3.63) is 53.9 Å². The lowest BCUT2D eigenvalue weighted by molar-refractivity contribution is 0.0524. The Hall–Kier alpha value is -2.18. The number of carbonyl (C=O) groups excluding carboxylic acids is 1. The van der Waals surface area contributed by atoms with Crippen molar-refractivity contribution in [1.82, 2.24) is 19.6 Å². The lowest BCUT2D eigenvalue weighted by atomic mass is 10.1. The molecule has 0 radical (unpaired) electrons. The highest BCUT2D eigenvalue weighted by atomic mass is 16.3. The van der Waals surface area contributed by atoms with Gasteiger partial charge >= 0.3 is 0 Å². The average Bonchev–Trinajstić information content (AvgIpc) is 3.15. The van der Waals surface area contributed by atoms with Crippen molar-refractivity contribution in [3.8, 4) is 0 Å². The van der Waals surface area contributed by atoms with Crippen LogP contribution in [0.2, 0.25) is 0 Å². The number of carbonyl (C=O) groups is 1. The Labute approximate surface area is 148 Å². The molecule has 0 saturated carbocycles. The van der Waals surface area contributed by atoms with Crippen LogP contribution in [-0.4, -0.2) is 69.4 Å². The second kappa shape index (κ2) is 8.27. The standard InChI is InChI=1S/C19H26N4O2/c1-2-18(24)15-21-10-12-22(13-11-21)19(25)17-6-4-16(5-7-17)14-23-9-3-8-20-23/h3-9,18,24H,2,10-15H2,1H3/t18-/m1/s1. The van der Waals surface area contributed by atoms with Gasteiger partial charge in [-0.2, -0.15) is 5.10 Å². The van der Waals surface area contributed by atoms with E-state index in [2.05, 4.69) is 10.00 Å². The molecular weight excluding hydrogens is 316 g/mol. The van der Waals surface area contributed by atoms with Crippen LogP contribution < -0.4 is 0 Å². The number of aliphatic hydroxyl groups excluding tert-OH is 1. The molecule has 1 aliphatic heterocycles. The summed E-state index contributed by atoms with van der Waals surface area (Å²) in [6, 6.07) is 9.67. The maximum Gasteiger partial charge on any atom is 0.253 e. The number of piperazine rings is 1. The molecule has 2 heterocycles. The molecule has 1 N–H and O–H groups in total. The van der Waals surface area contributed by atoms with Crippen molar-refractivity contribution < 1.29 is 9.90 Å². The number of aliphatic hydroxyl groups is 1. The fraction of sp³-hybridized carbons (Fsp3) is 0.474. The van der Waals surface area contributed by atoms with Crippen LogP contribution in [0.25, 0.3) is 0 Å². The zero-order valence-electron chi connectivity index (χ0n) is 14.7. The Balaban J connectivity index is 1.53. The number of benzene rings is 1. The highest BCUT2D eigenvalue weighted by Crippen LogP contribution is 2.12. The van der Waals surface area contributed by atoms with Gasteiger partial charge in [0.2, 0.25) is 0 Å². The summed E-state index contributed by atoms with van der Waals surface area (Å²) in [6.07, 6.45) is 4.18. The van der Waals surface area contributed by atoms with Gasteiger partial charge in [0.1, 0.15) is 0 Å². The summed E-state index contributed by atoms with van der Waals surface area (Å²) in [5.41, 5.74) is 1.85. The average molecular weight is 342 g/mol. The van der Waals surface area contributed by atoms with Gasteiger partial charge in [0.25, 0.3) is 5.91 Å². The minimum Gasteiger partial charge on any atom is -0.392 e. The molecule has 1 aromatic heterocycles. The maximum absolute atomic E-state index is 12.7. The third-order valence-electron chi connectivity index (χ3n) is 4.70. The molecule has 0 aliphatic carbocycles.